The highest BCUT2D eigenvalue weighted by Gasteiger charge is 2.20. The van der Waals surface area contributed by atoms with Crippen LogP contribution in [0.3, 0.4) is 0 Å². The van der Waals surface area contributed by atoms with Gasteiger partial charge in [-0.25, -0.2) is 9.78 Å². The van der Waals surface area contributed by atoms with Crippen molar-refractivity contribution in [2.45, 2.75) is 6.04 Å². The van der Waals surface area contributed by atoms with Gasteiger partial charge in [-0.15, -0.1) is 0 Å². The number of anilines is 1. The molecule has 0 fully saturated rings. The van der Waals surface area contributed by atoms with Crippen LogP contribution in [0.2, 0.25) is 0 Å². The number of aromatic nitrogens is 1. The van der Waals surface area contributed by atoms with Crippen LogP contribution in [0.1, 0.15) is 11.6 Å². The predicted molar refractivity (Wildman–Crippen MR) is 78.9 cm³/mol. The Hall–Kier alpha value is -2.08. The van der Waals surface area contributed by atoms with E-state index in [1.165, 1.54) is 13.3 Å². The number of nitrogens with one attached hydrogen (secondary N) is 1. The maximum absolute atomic E-state index is 11.4. The van der Waals surface area contributed by atoms with Crippen LogP contribution >= 0.6 is 15.9 Å². The van der Waals surface area contributed by atoms with Crippen LogP contribution < -0.4 is 10.1 Å². The van der Waals surface area contributed by atoms with Crippen molar-refractivity contribution in [1.29, 1.82) is 0 Å². The van der Waals surface area contributed by atoms with Crippen molar-refractivity contribution in [3.05, 3.63) is 52.6 Å². The fourth-order valence-corrected chi connectivity index (χ4v) is 1.95. The van der Waals surface area contributed by atoms with Crippen molar-refractivity contribution < 1.29 is 14.6 Å². The number of pyridine rings is 1. The molecule has 0 amide bonds. The Morgan fingerprint density at radius 3 is 2.50 bits per heavy atom. The Morgan fingerprint density at radius 2 is 2.00 bits per heavy atom. The average molecular weight is 337 g/mol. The highest BCUT2D eigenvalue weighted by Crippen LogP contribution is 2.22. The minimum atomic E-state index is -0.972. The van der Waals surface area contributed by atoms with E-state index in [1.807, 2.05) is 12.1 Å². The first-order valence-corrected chi connectivity index (χ1v) is 6.64. The van der Waals surface area contributed by atoms with E-state index in [9.17, 15) is 9.90 Å². The molecule has 1 heterocycles. The predicted octanol–water partition coefficient (Wildman–Crippen LogP) is 3.09. The Morgan fingerprint density at radius 1 is 1.30 bits per heavy atom. The number of rotatable bonds is 5. The van der Waals surface area contributed by atoms with E-state index in [0.29, 0.717) is 11.4 Å². The molecule has 2 N–H and O–H groups in total. The molecule has 0 bridgehead atoms. The number of methoxy groups -OCH3 is 1. The smallest absolute Gasteiger partial charge is 0.330 e. The van der Waals surface area contributed by atoms with Crippen molar-refractivity contribution in [3.63, 3.8) is 0 Å². The van der Waals surface area contributed by atoms with Crippen LogP contribution in [0.5, 0.6) is 5.88 Å². The number of carboxylic acid groups (broad SMARTS) is 1. The molecule has 6 heteroatoms. The number of nitrogens with zero attached hydrogens (tertiary/aromatic N) is 1. The van der Waals surface area contributed by atoms with Crippen LogP contribution in [0, 0.1) is 0 Å². The number of halogens is 1. The van der Waals surface area contributed by atoms with E-state index in [2.05, 4.69) is 26.2 Å². The molecule has 0 saturated heterocycles. The summed E-state index contributed by atoms with van der Waals surface area (Å²) in [6, 6.07) is 9.73. The molecule has 1 atom stereocenters. The zero-order valence-electron chi connectivity index (χ0n) is 10.7. The molecule has 0 aliphatic carbocycles. The summed E-state index contributed by atoms with van der Waals surface area (Å²) < 4.78 is 5.89. The molecule has 2 aromatic rings. The first-order valence-electron chi connectivity index (χ1n) is 5.85. The van der Waals surface area contributed by atoms with Gasteiger partial charge in [-0.2, -0.15) is 0 Å². The van der Waals surface area contributed by atoms with Crippen molar-refractivity contribution in [2.75, 3.05) is 12.4 Å². The van der Waals surface area contributed by atoms with Gasteiger partial charge in [-0.3, -0.25) is 0 Å². The first-order chi connectivity index (χ1) is 9.60. The minimum Gasteiger partial charge on any atom is -0.481 e. The molecule has 1 aromatic heterocycles. The van der Waals surface area contributed by atoms with Gasteiger partial charge in [0.2, 0.25) is 5.88 Å². The zero-order valence-corrected chi connectivity index (χ0v) is 12.3. The molecule has 0 spiro atoms. The van der Waals surface area contributed by atoms with Gasteiger partial charge in [-0.05, 0) is 30.3 Å². The summed E-state index contributed by atoms with van der Waals surface area (Å²) in [6.45, 7) is 0. The number of aliphatic carboxylic acids is 1. The maximum atomic E-state index is 11.4. The van der Waals surface area contributed by atoms with Crippen LogP contribution in [0.15, 0.2) is 47.1 Å². The van der Waals surface area contributed by atoms with E-state index >= 15 is 0 Å². The molecule has 0 saturated carbocycles. The van der Waals surface area contributed by atoms with Gasteiger partial charge >= 0.3 is 5.97 Å². The topological polar surface area (TPSA) is 71.5 Å². The highest BCUT2D eigenvalue weighted by molar-refractivity contribution is 9.10. The van der Waals surface area contributed by atoms with Gasteiger partial charge in [0.1, 0.15) is 0 Å². The van der Waals surface area contributed by atoms with Crippen LogP contribution in [0.4, 0.5) is 5.69 Å². The number of hydrogen-bond acceptors (Lipinski definition) is 4. The van der Waals surface area contributed by atoms with Gasteiger partial charge < -0.3 is 15.2 Å². The molecule has 1 unspecified atom stereocenters. The van der Waals surface area contributed by atoms with Gasteiger partial charge in [0.25, 0.3) is 0 Å². The van der Waals surface area contributed by atoms with E-state index in [-0.39, 0.29) is 0 Å². The number of carboxylic acids is 1. The van der Waals surface area contributed by atoms with Crippen molar-refractivity contribution in [3.8, 4) is 5.88 Å². The number of benzene rings is 1. The summed E-state index contributed by atoms with van der Waals surface area (Å²) in [5.41, 5.74) is 1.28. The first kappa shape index (κ1) is 14.3. The summed E-state index contributed by atoms with van der Waals surface area (Å²) in [5, 5.41) is 12.3. The third-order valence-corrected chi connectivity index (χ3v) is 3.23. The van der Waals surface area contributed by atoms with Gasteiger partial charge in [0.15, 0.2) is 6.04 Å². The normalized spacial score (nSPS) is 11.7. The molecule has 2 rings (SSSR count). The lowest BCUT2D eigenvalue weighted by Crippen LogP contribution is -2.20. The van der Waals surface area contributed by atoms with Gasteiger partial charge in [0.05, 0.1) is 7.11 Å². The fraction of sp³-hybridized carbons (Fsp3) is 0.143. The molecule has 20 heavy (non-hydrogen) atoms. The summed E-state index contributed by atoms with van der Waals surface area (Å²) >= 11 is 3.33. The zero-order chi connectivity index (χ0) is 14.5. The molecule has 0 radical (unpaired) electrons. The van der Waals surface area contributed by atoms with Crippen LogP contribution in [-0.4, -0.2) is 23.2 Å². The number of carbonyl (C=O) groups is 1. The summed E-state index contributed by atoms with van der Waals surface area (Å²) in [4.78, 5) is 15.4. The molecular weight excluding hydrogens is 324 g/mol. The minimum absolute atomic E-state index is 0.446. The number of ether oxygens (including phenoxy) is 1. The van der Waals surface area contributed by atoms with Crippen molar-refractivity contribution in [2.24, 2.45) is 0 Å². The van der Waals surface area contributed by atoms with Crippen LogP contribution in [0.25, 0.3) is 0 Å². The second-order valence-corrected chi connectivity index (χ2v) is 4.97. The second kappa shape index (κ2) is 6.38. The summed E-state index contributed by atoms with van der Waals surface area (Å²) in [6.07, 6.45) is 1.49. The Bertz CT molecular complexity index is 584. The SMILES string of the molecule is COc1ccc(C(Nc2ccc(Br)cc2)C(=O)O)cn1. The lowest BCUT2D eigenvalue weighted by atomic mass is 10.1. The number of hydrogen-bond donors (Lipinski definition) is 2. The maximum Gasteiger partial charge on any atom is 0.330 e. The third-order valence-electron chi connectivity index (χ3n) is 2.70. The van der Waals surface area contributed by atoms with E-state index in [4.69, 9.17) is 4.74 Å². The highest BCUT2D eigenvalue weighted by atomic mass is 79.9. The third kappa shape index (κ3) is 3.48. The monoisotopic (exact) mass is 336 g/mol. The molecule has 0 aliphatic rings. The average Bonchev–Trinajstić information content (AvgIpc) is 2.46. The standard InChI is InChI=1S/C14H13BrN2O3/c1-20-12-7-2-9(8-16-12)13(14(18)19)17-11-5-3-10(15)4-6-11/h2-8,13,17H,1H3,(H,18,19). The molecule has 0 aliphatic heterocycles. The van der Waals surface area contributed by atoms with Crippen molar-refractivity contribution >= 4 is 27.6 Å². The Kier molecular flexibility index (Phi) is 4.57. The quantitative estimate of drug-likeness (QED) is 0.877. The lowest BCUT2D eigenvalue weighted by Gasteiger charge is -2.16. The lowest BCUT2D eigenvalue weighted by molar-refractivity contribution is -0.138. The van der Waals surface area contributed by atoms with Crippen molar-refractivity contribution in [1.82, 2.24) is 4.98 Å². The van der Waals surface area contributed by atoms with Gasteiger partial charge in [-0.1, -0.05) is 15.9 Å². The molecular formula is C14H13BrN2O3. The molecule has 5 nitrogen and oxygen atoms in total. The Labute approximate surface area is 124 Å². The molecule has 104 valence electrons. The molecule has 1 aromatic carbocycles. The summed E-state index contributed by atoms with van der Waals surface area (Å²) in [7, 11) is 1.51. The van der Waals surface area contributed by atoms with E-state index in [0.717, 1.165) is 10.2 Å². The van der Waals surface area contributed by atoms with Crippen LogP contribution in [-0.2, 0) is 4.79 Å². The van der Waals surface area contributed by atoms with E-state index < -0.39 is 12.0 Å². The largest absolute Gasteiger partial charge is 0.481 e. The summed E-state index contributed by atoms with van der Waals surface area (Å²) in [5.74, 6) is -0.526. The van der Waals surface area contributed by atoms with Gasteiger partial charge in [0, 0.05) is 28.0 Å². The second-order valence-electron chi connectivity index (χ2n) is 4.06. The fourth-order valence-electron chi connectivity index (χ4n) is 1.68. The Balaban J connectivity index is 2.22. The van der Waals surface area contributed by atoms with E-state index in [1.54, 1.807) is 24.3 Å².